The average Bonchev–Trinajstić information content (AvgIpc) is 2.72. The molecule has 5 heteroatoms. The van der Waals surface area contributed by atoms with Crippen LogP contribution in [0.5, 0.6) is 0 Å². The number of carbonyl (C=O) groups is 2. The molecule has 0 aromatic heterocycles. The highest BCUT2D eigenvalue weighted by molar-refractivity contribution is 5.69. The van der Waals surface area contributed by atoms with E-state index in [1.54, 1.807) is 0 Å². The summed E-state index contributed by atoms with van der Waals surface area (Å²) < 4.78 is 16.7. The SMILES string of the molecule is CC(=O)OC1=C(OC(C)=O)[C@@H]2CC[C@H]1C2OC(C)(C)C. The molecule has 3 atom stereocenters. The van der Waals surface area contributed by atoms with E-state index in [9.17, 15) is 9.59 Å². The van der Waals surface area contributed by atoms with E-state index in [2.05, 4.69) is 0 Å². The van der Waals surface area contributed by atoms with E-state index < -0.39 is 11.9 Å². The van der Waals surface area contributed by atoms with E-state index in [0.29, 0.717) is 11.5 Å². The number of fused-ring (bicyclic) bond motifs is 2. The number of hydrogen-bond acceptors (Lipinski definition) is 5. The van der Waals surface area contributed by atoms with Crippen molar-refractivity contribution in [3.05, 3.63) is 11.5 Å². The molecule has 20 heavy (non-hydrogen) atoms. The van der Waals surface area contributed by atoms with Crippen molar-refractivity contribution in [2.45, 2.75) is 59.2 Å². The molecule has 112 valence electrons. The predicted octanol–water partition coefficient (Wildman–Crippen LogP) is 2.55. The molecule has 0 spiro atoms. The van der Waals surface area contributed by atoms with Crippen LogP contribution < -0.4 is 0 Å². The van der Waals surface area contributed by atoms with E-state index in [0.717, 1.165) is 12.8 Å². The summed E-state index contributed by atoms with van der Waals surface area (Å²) in [6, 6.07) is 0. The Morgan fingerprint density at radius 3 is 1.65 bits per heavy atom. The topological polar surface area (TPSA) is 61.8 Å². The zero-order valence-corrected chi connectivity index (χ0v) is 12.7. The third-order valence-corrected chi connectivity index (χ3v) is 3.50. The molecule has 2 aliphatic rings. The largest absolute Gasteiger partial charge is 0.427 e. The molecule has 0 aliphatic heterocycles. The highest BCUT2D eigenvalue weighted by atomic mass is 16.6. The number of carbonyl (C=O) groups excluding carboxylic acids is 2. The first kappa shape index (κ1) is 15.0. The Hall–Kier alpha value is -1.36. The minimum Gasteiger partial charge on any atom is -0.427 e. The molecule has 2 rings (SSSR count). The Morgan fingerprint density at radius 2 is 1.35 bits per heavy atom. The molecule has 2 bridgehead atoms. The first-order chi connectivity index (χ1) is 9.19. The van der Waals surface area contributed by atoms with Crippen molar-refractivity contribution in [3.63, 3.8) is 0 Å². The van der Waals surface area contributed by atoms with E-state index >= 15 is 0 Å². The fraction of sp³-hybridized carbons (Fsp3) is 0.733. The summed E-state index contributed by atoms with van der Waals surface area (Å²) in [6.45, 7) is 8.67. The van der Waals surface area contributed by atoms with Crippen molar-refractivity contribution in [3.8, 4) is 0 Å². The summed E-state index contributed by atoms with van der Waals surface area (Å²) in [5.41, 5.74) is -0.293. The lowest BCUT2D eigenvalue weighted by molar-refractivity contribution is -0.142. The molecule has 0 N–H and O–H groups in total. The Labute approximate surface area is 119 Å². The number of esters is 2. The normalized spacial score (nSPS) is 28.8. The first-order valence-electron chi connectivity index (χ1n) is 6.98. The number of ether oxygens (including phenoxy) is 3. The molecule has 0 radical (unpaired) electrons. The molecule has 0 aromatic carbocycles. The maximum atomic E-state index is 11.3. The van der Waals surface area contributed by atoms with Crippen LogP contribution in [0.3, 0.4) is 0 Å². The fourth-order valence-electron chi connectivity index (χ4n) is 3.03. The van der Waals surface area contributed by atoms with Crippen LogP contribution >= 0.6 is 0 Å². The molecule has 1 fully saturated rings. The van der Waals surface area contributed by atoms with E-state index in [1.807, 2.05) is 20.8 Å². The molecule has 2 aliphatic carbocycles. The molecule has 0 amide bonds. The summed E-state index contributed by atoms with van der Waals surface area (Å²) in [4.78, 5) is 22.5. The second-order valence-corrected chi connectivity index (χ2v) is 6.40. The van der Waals surface area contributed by atoms with Gasteiger partial charge in [-0.15, -0.1) is 0 Å². The fourth-order valence-corrected chi connectivity index (χ4v) is 3.03. The van der Waals surface area contributed by atoms with E-state index in [-0.39, 0.29) is 23.5 Å². The molecule has 0 aromatic rings. The highest BCUT2D eigenvalue weighted by Crippen LogP contribution is 2.52. The molecule has 1 unspecified atom stereocenters. The van der Waals surface area contributed by atoms with E-state index in [4.69, 9.17) is 14.2 Å². The zero-order valence-electron chi connectivity index (χ0n) is 12.7. The van der Waals surface area contributed by atoms with Gasteiger partial charge in [-0.25, -0.2) is 0 Å². The predicted molar refractivity (Wildman–Crippen MR) is 71.4 cm³/mol. The summed E-state index contributed by atoms with van der Waals surface area (Å²) in [5, 5.41) is 0. The third kappa shape index (κ3) is 3.03. The third-order valence-electron chi connectivity index (χ3n) is 3.50. The van der Waals surface area contributed by atoms with Crippen molar-refractivity contribution in [1.29, 1.82) is 0 Å². The van der Waals surface area contributed by atoms with Gasteiger partial charge in [0.25, 0.3) is 0 Å². The standard InChI is InChI=1S/C15H22O5/c1-8(16)18-13-10-6-7-11(14(13)19-9(2)17)12(10)20-15(3,4)5/h10-12H,6-7H2,1-5H3/t10-,11+,12?. The molecule has 0 heterocycles. The average molecular weight is 282 g/mol. The van der Waals surface area contributed by atoms with Crippen LogP contribution in [0.1, 0.15) is 47.5 Å². The van der Waals surface area contributed by atoms with Crippen molar-refractivity contribution < 1.29 is 23.8 Å². The Balaban J connectivity index is 2.26. The van der Waals surface area contributed by atoms with Gasteiger partial charge >= 0.3 is 11.9 Å². The second-order valence-electron chi connectivity index (χ2n) is 6.40. The van der Waals surface area contributed by atoms with Crippen LogP contribution in [-0.2, 0) is 23.8 Å². The maximum absolute atomic E-state index is 11.3. The lowest BCUT2D eigenvalue weighted by atomic mass is 10.0. The van der Waals surface area contributed by atoms with Gasteiger partial charge in [0.05, 0.1) is 11.7 Å². The lowest BCUT2D eigenvalue weighted by Gasteiger charge is -2.28. The quantitative estimate of drug-likeness (QED) is 0.744. The number of rotatable bonds is 3. The Bertz CT molecular complexity index is 423. The van der Waals surface area contributed by atoms with Gasteiger partial charge in [0.2, 0.25) is 0 Å². The van der Waals surface area contributed by atoms with Gasteiger partial charge in [0.1, 0.15) is 0 Å². The molecular weight excluding hydrogens is 260 g/mol. The first-order valence-corrected chi connectivity index (χ1v) is 6.98. The number of hydrogen-bond donors (Lipinski definition) is 0. The van der Waals surface area contributed by atoms with Gasteiger partial charge in [-0.1, -0.05) is 0 Å². The Morgan fingerprint density at radius 1 is 0.950 bits per heavy atom. The minimum atomic E-state index is -0.397. The summed E-state index contributed by atoms with van der Waals surface area (Å²) >= 11 is 0. The van der Waals surface area contributed by atoms with Crippen molar-refractivity contribution in [2.75, 3.05) is 0 Å². The summed E-state index contributed by atoms with van der Waals surface area (Å²) in [7, 11) is 0. The van der Waals surface area contributed by atoms with Gasteiger partial charge in [-0.2, -0.15) is 0 Å². The lowest BCUT2D eigenvalue weighted by Crippen LogP contribution is -2.32. The van der Waals surface area contributed by atoms with Crippen LogP contribution in [-0.4, -0.2) is 23.6 Å². The minimum absolute atomic E-state index is 0.00234. The second kappa shape index (κ2) is 5.20. The molecule has 0 saturated heterocycles. The van der Waals surface area contributed by atoms with Crippen LogP contribution in [0.15, 0.2) is 11.5 Å². The van der Waals surface area contributed by atoms with Gasteiger partial charge in [-0.3, -0.25) is 9.59 Å². The van der Waals surface area contributed by atoms with Crippen molar-refractivity contribution in [1.82, 2.24) is 0 Å². The summed E-state index contributed by atoms with van der Waals surface area (Å²) in [6.07, 6.45) is 1.69. The van der Waals surface area contributed by atoms with Gasteiger partial charge in [0.15, 0.2) is 11.5 Å². The maximum Gasteiger partial charge on any atom is 0.307 e. The smallest absolute Gasteiger partial charge is 0.307 e. The van der Waals surface area contributed by atoms with Crippen molar-refractivity contribution in [2.24, 2.45) is 11.8 Å². The van der Waals surface area contributed by atoms with E-state index in [1.165, 1.54) is 13.8 Å². The van der Waals surface area contributed by atoms with Crippen LogP contribution in [0.4, 0.5) is 0 Å². The zero-order chi connectivity index (χ0) is 15.1. The summed E-state index contributed by atoms with van der Waals surface area (Å²) in [5.74, 6) is 0.171. The highest BCUT2D eigenvalue weighted by Gasteiger charge is 2.53. The molecular formula is C15H22O5. The van der Waals surface area contributed by atoms with Crippen LogP contribution in [0.25, 0.3) is 0 Å². The van der Waals surface area contributed by atoms with Crippen LogP contribution in [0.2, 0.25) is 0 Å². The Kier molecular flexibility index (Phi) is 3.91. The monoisotopic (exact) mass is 282 g/mol. The van der Waals surface area contributed by atoms with Crippen molar-refractivity contribution >= 4 is 11.9 Å². The molecule has 5 nitrogen and oxygen atoms in total. The van der Waals surface area contributed by atoms with Gasteiger partial charge in [0, 0.05) is 25.7 Å². The molecule has 1 saturated carbocycles. The van der Waals surface area contributed by atoms with Gasteiger partial charge in [-0.05, 0) is 33.6 Å². The van der Waals surface area contributed by atoms with Gasteiger partial charge < -0.3 is 14.2 Å². The van der Waals surface area contributed by atoms with Crippen LogP contribution in [0, 0.1) is 11.8 Å².